The monoisotopic (exact) mass is 266 g/mol. The Morgan fingerprint density at radius 2 is 2.00 bits per heavy atom. The molecule has 0 bridgehead atoms. The second-order valence-electron chi connectivity index (χ2n) is 3.63. The topological polar surface area (TPSA) is 44.8 Å². The fourth-order valence-corrected chi connectivity index (χ4v) is 2.53. The molecule has 1 aromatic carbocycles. The highest BCUT2D eigenvalue weighted by atomic mass is 32.1. The van der Waals surface area contributed by atoms with Crippen LogP contribution in [0.15, 0.2) is 17.5 Å². The van der Waals surface area contributed by atoms with Crippen LogP contribution in [0.2, 0.25) is 0 Å². The predicted octanol–water partition coefficient (Wildman–Crippen LogP) is 3.23. The molecular formula is C13H14O4S. The zero-order valence-electron chi connectivity index (χ0n) is 10.5. The number of hydrogen-bond acceptors (Lipinski definition) is 5. The van der Waals surface area contributed by atoms with Crippen molar-refractivity contribution in [1.29, 1.82) is 0 Å². The molecule has 2 aromatic rings. The Balaban J connectivity index is 2.53. The van der Waals surface area contributed by atoms with Gasteiger partial charge in [-0.25, -0.2) is 0 Å². The van der Waals surface area contributed by atoms with Crippen LogP contribution in [0.1, 0.15) is 13.3 Å². The maximum Gasteiger partial charge on any atom is 0.310 e. The Morgan fingerprint density at radius 3 is 2.61 bits per heavy atom. The number of fused-ring (bicyclic) bond motifs is 1. The van der Waals surface area contributed by atoms with Crippen LogP contribution in [0.25, 0.3) is 10.1 Å². The number of benzene rings is 1. The molecule has 4 nitrogen and oxygen atoms in total. The van der Waals surface area contributed by atoms with Crippen molar-refractivity contribution in [2.75, 3.05) is 14.2 Å². The van der Waals surface area contributed by atoms with E-state index >= 15 is 0 Å². The lowest BCUT2D eigenvalue weighted by Crippen LogP contribution is -2.05. The Bertz CT molecular complexity index is 574. The first kappa shape index (κ1) is 12.7. The van der Waals surface area contributed by atoms with E-state index in [4.69, 9.17) is 14.2 Å². The van der Waals surface area contributed by atoms with Crippen molar-refractivity contribution in [2.24, 2.45) is 0 Å². The number of ether oxygens (including phenoxy) is 3. The van der Waals surface area contributed by atoms with Crippen LogP contribution >= 0.6 is 11.3 Å². The van der Waals surface area contributed by atoms with E-state index < -0.39 is 0 Å². The lowest BCUT2D eigenvalue weighted by Gasteiger charge is -2.07. The van der Waals surface area contributed by atoms with Gasteiger partial charge in [-0.3, -0.25) is 4.79 Å². The minimum atomic E-state index is -0.257. The van der Waals surface area contributed by atoms with Crippen molar-refractivity contribution in [2.45, 2.75) is 13.3 Å². The van der Waals surface area contributed by atoms with Crippen LogP contribution in [-0.2, 0) is 4.79 Å². The number of carbonyl (C=O) groups excluding carboxylic acids is 1. The molecule has 2 rings (SSSR count). The molecule has 0 unspecified atom stereocenters. The van der Waals surface area contributed by atoms with Crippen LogP contribution in [0.5, 0.6) is 17.2 Å². The van der Waals surface area contributed by atoms with Crippen LogP contribution in [-0.4, -0.2) is 20.2 Å². The minimum absolute atomic E-state index is 0.257. The summed E-state index contributed by atoms with van der Waals surface area (Å²) < 4.78 is 16.8. The van der Waals surface area contributed by atoms with Gasteiger partial charge >= 0.3 is 5.97 Å². The first-order valence-electron chi connectivity index (χ1n) is 5.53. The highest BCUT2D eigenvalue weighted by Crippen LogP contribution is 2.41. The largest absolute Gasteiger partial charge is 0.497 e. The van der Waals surface area contributed by atoms with Crippen molar-refractivity contribution in [3.05, 3.63) is 17.5 Å². The fourth-order valence-electron chi connectivity index (χ4n) is 1.63. The lowest BCUT2D eigenvalue weighted by atomic mass is 10.2. The SMILES string of the molecule is CCC(=O)Oc1csc2cc(OC)cc(OC)c12. The average molecular weight is 266 g/mol. The Morgan fingerprint density at radius 1 is 1.22 bits per heavy atom. The van der Waals surface area contributed by atoms with E-state index in [9.17, 15) is 4.79 Å². The molecule has 18 heavy (non-hydrogen) atoms. The molecule has 0 amide bonds. The molecule has 0 N–H and O–H groups in total. The predicted molar refractivity (Wildman–Crippen MR) is 70.9 cm³/mol. The van der Waals surface area contributed by atoms with E-state index in [1.165, 1.54) is 11.3 Å². The van der Waals surface area contributed by atoms with Gasteiger partial charge < -0.3 is 14.2 Å². The quantitative estimate of drug-likeness (QED) is 0.797. The molecule has 0 aliphatic carbocycles. The summed E-state index contributed by atoms with van der Waals surface area (Å²) >= 11 is 1.49. The summed E-state index contributed by atoms with van der Waals surface area (Å²) in [5, 5.41) is 2.62. The molecule has 96 valence electrons. The molecule has 0 aliphatic rings. The highest BCUT2D eigenvalue weighted by Gasteiger charge is 2.15. The van der Waals surface area contributed by atoms with E-state index in [1.54, 1.807) is 32.6 Å². The van der Waals surface area contributed by atoms with Gasteiger partial charge in [0.1, 0.15) is 11.5 Å². The van der Waals surface area contributed by atoms with E-state index in [-0.39, 0.29) is 5.97 Å². The number of hydrogen-bond donors (Lipinski definition) is 0. The van der Waals surface area contributed by atoms with Crippen molar-refractivity contribution < 1.29 is 19.0 Å². The number of thiophene rings is 1. The lowest BCUT2D eigenvalue weighted by molar-refractivity contribution is -0.133. The van der Waals surface area contributed by atoms with Gasteiger partial charge in [0.05, 0.1) is 19.6 Å². The van der Waals surface area contributed by atoms with Gasteiger partial charge in [0.25, 0.3) is 0 Å². The number of methoxy groups -OCH3 is 2. The number of esters is 1. The summed E-state index contributed by atoms with van der Waals surface area (Å²) in [6.07, 6.45) is 0.343. The smallest absolute Gasteiger partial charge is 0.310 e. The molecule has 5 heteroatoms. The summed E-state index contributed by atoms with van der Waals surface area (Å²) in [6, 6.07) is 3.67. The third-order valence-corrected chi connectivity index (χ3v) is 3.45. The molecule has 1 aromatic heterocycles. The molecule has 0 saturated heterocycles. The summed E-state index contributed by atoms with van der Waals surface area (Å²) in [5.41, 5.74) is 0. The van der Waals surface area contributed by atoms with Gasteiger partial charge in [-0.1, -0.05) is 6.92 Å². The average Bonchev–Trinajstić information content (AvgIpc) is 2.80. The maximum absolute atomic E-state index is 11.4. The Hall–Kier alpha value is -1.75. The molecular weight excluding hydrogens is 252 g/mol. The second kappa shape index (κ2) is 5.27. The van der Waals surface area contributed by atoms with Gasteiger partial charge in [-0.15, -0.1) is 11.3 Å². The Kier molecular flexibility index (Phi) is 3.72. The molecule has 0 aliphatic heterocycles. The second-order valence-corrected chi connectivity index (χ2v) is 4.54. The van der Waals surface area contributed by atoms with E-state index in [0.717, 1.165) is 15.8 Å². The van der Waals surface area contributed by atoms with Crippen molar-refractivity contribution in [3.63, 3.8) is 0 Å². The van der Waals surface area contributed by atoms with Crippen LogP contribution in [0, 0.1) is 0 Å². The standard InChI is InChI=1S/C13H14O4S/c1-4-12(14)17-10-7-18-11-6-8(15-2)5-9(16-3)13(10)11/h5-7H,4H2,1-3H3. The van der Waals surface area contributed by atoms with E-state index in [2.05, 4.69) is 0 Å². The van der Waals surface area contributed by atoms with Crippen molar-refractivity contribution >= 4 is 27.4 Å². The Labute approximate surface area is 109 Å². The van der Waals surface area contributed by atoms with Gasteiger partial charge in [0.15, 0.2) is 5.75 Å². The van der Waals surface area contributed by atoms with Gasteiger partial charge in [0.2, 0.25) is 0 Å². The van der Waals surface area contributed by atoms with Crippen LogP contribution in [0.3, 0.4) is 0 Å². The van der Waals surface area contributed by atoms with Gasteiger partial charge in [0, 0.05) is 22.6 Å². The number of carbonyl (C=O) groups is 1. The molecule has 1 heterocycles. The first-order chi connectivity index (χ1) is 8.69. The molecule has 0 saturated carbocycles. The number of rotatable bonds is 4. The normalized spacial score (nSPS) is 10.4. The minimum Gasteiger partial charge on any atom is -0.497 e. The zero-order valence-corrected chi connectivity index (χ0v) is 11.3. The van der Waals surface area contributed by atoms with Crippen molar-refractivity contribution in [1.82, 2.24) is 0 Å². The summed E-state index contributed by atoms with van der Waals surface area (Å²) in [5.74, 6) is 1.65. The van der Waals surface area contributed by atoms with Gasteiger partial charge in [-0.2, -0.15) is 0 Å². The molecule has 0 atom stereocenters. The molecule has 0 fully saturated rings. The maximum atomic E-state index is 11.4. The van der Waals surface area contributed by atoms with Crippen molar-refractivity contribution in [3.8, 4) is 17.2 Å². The van der Waals surface area contributed by atoms with Gasteiger partial charge in [-0.05, 0) is 6.07 Å². The fraction of sp³-hybridized carbons (Fsp3) is 0.308. The molecule has 0 spiro atoms. The van der Waals surface area contributed by atoms with E-state index in [0.29, 0.717) is 17.9 Å². The zero-order chi connectivity index (χ0) is 13.1. The molecule has 0 radical (unpaired) electrons. The summed E-state index contributed by atoms with van der Waals surface area (Å²) in [6.45, 7) is 1.76. The summed E-state index contributed by atoms with van der Waals surface area (Å²) in [4.78, 5) is 11.4. The van der Waals surface area contributed by atoms with Crippen LogP contribution in [0.4, 0.5) is 0 Å². The third kappa shape index (κ3) is 2.26. The third-order valence-electron chi connectivity index (χ3n) is 2.55. The van der Waals surface area contributed by atoms with E-state index in [1.807, 2.05) is 6.07 Å². The van der Waals surface area contributed by atoms with Crippen LogP contribution < -0.4 is 14.2 Å². The first-order valence-corrected chi connectivity index (χ1v) is 6.41. The highest BCUT2D eigenvalue weighted by molar-refractivity contribution is 7.17. The summed E-state index contributed by atoms with van der Waals surface area (Å²) in [7, 11) is 3.18.